The van der Waals surface area contributed by atoms with Gasteiger partial charge in [0.2, 0.25) is 5.84 Å². The Morgan fingerprint density at radius 2 is 1.47 bits per heavy atom. The van der Waals surface area contributed by atoms with Crippen LogP contribution in [0.5, 0.6) is 0 Å². The van der Waals surface area contributed by atoms with Crippen molar-refractivity contribution in [3.63, 3.8) is 0 Å². The topological polar surface area (TPSA) is 6.25 Å². The summed E-state index contributed by atoms with van der Waals surface area (Å²) in [6, 6.07) is 25.8. The van der Waals surface area contributed by atoms with Gasteiger partial charge < -0.3 is 0 Å². The van der Waals surface area contributed by atoms with Crippen molar-refractivity contribution >= 4 is 27.8 Å². The van der Waals surface area contributed by atoms with Crippen molar-refractivity contribution in [2.45, 2.75) is 135 Å². The zero-order valence-corrected chi connectivity index (χ0v) is 32.1. The van der Waals surface area contributed by atoms with Gasteiger partial charge in [-0.05, 0) is 144 Å². The predicted octanol–water partition coefficient (Wildman–Crippen LogP) is 11.5. The van der Waals surface area contributed by atoms with E-state index in [1.807, 2.05) is 0 Å². The first kappa shape index (κ1) is 32.0. The highest BCUT2D eigenvalue weighted by Gasteiger charge is 2.57. The van der Waals surface area contributed by atoms with E-state index in [-0.39, 0.29) is 10.8 Å². The van der Waals surface area contributed by atoms with E-state index < -0.39 is 0 Å². The number of hydrogen-bond acceptors (Lipinski definition) is 1. The van der Waals surface area contributed by atoms with Gasteiger partial charge in [-0.25, -0.2) is 0 Å². The summed E-state index contributed by atoms with van der Waals surface area (Å²) < 4.78 is 3.04. The van der Waals surface area contributed by atoms with E-state index in [9.17, 15) is 0 Å². The second-order valence-electron chi connectivity index (χ2n) is 18.3. The molecule has 1 heterocycles. The van der Waals surface area contributed by atoms with Crippen LogP contribution in [0.25, 0.3) is 33.0 Å². The van der Waals surface area contributed by atoms with E-state index in [2.05, 4.69) is 112 Å². The Labute approximate surface area is 306 Å². The second-order valence-corrected chi connectivity index (χ2v) is 18.3. The molecule has 2 saturated carbocycles. The second kappa shape index (κ2) is 11.4. The number of amidine groups is 1. The van der Waals surface area contributed by atoms with Crippen molar-refractivity contribution in [1.29, 1.82) is 0 Å². The van der Waals surface area contributed by atoms with Gasteiger partial charge in [0.25, 0.3) is 0 Å². The molecule has 0 saturated heterocycles. The summed E-state index contributed by atoms with van der Waals surface area (Å²) in [6.07, 6.45) is 14.7. The SMILES string of the molecule is Cc1cc(C)c2ccc3c(c2c1)C1(CN(C2CCCCC2)C(C(C)C)=[N+](C2CCCCC2)C1)c1ccc2c(c1-3)C1=C(c3ccccc3C1)C2(C)C. The van der Waals surface area contributed by atoms with Gasteiger partial charge in [-0.3, -0.25) is 9.48 Å². The molecule has 1 aliphatic heterocycles. The van der Waals surface area contributed by atoms with Crippen LogP contribution in [0.15, 0.2) is 60.7 Å². The fraction of sp³-hybridized carbons (Fsp3) is 0.490. The number of aryl methyl sites for hydroxylation is 2. The summed E-state index contributed by atoms with van der Waals surface area (Å²) in [4.78, 5) is 3.04. The number of rotatable bonds is 3. The van der Waals surface area contributed by atoms with Crippen molar-refractivity contribution in [3.8, 4) is 11.1 Å². The molecule has 6 aliphatic rings. The zero-order valence-electron chi connectivity index (χ0n) is 32.1. The molecule has 1 atom stereocenters. The minimum atomic E-state index is -0.0916. The molecule has 2 fully saturated rings. The Morgan fingerprint density at radius 3 is 2.24 bits per heavy atom. The normalized spacial score (nSPS) is 24.1. The lowest BCUT2D eigenvalue weighted by Crippen LogP contribution is -2.62. The Morgan fingerprint density at radius 1 is 0.745 bits per heavy atom. The average Bonchev–Trinajstić information content (AvgIpc) is 3.73. The van der Waals surface area contributed by atoms with Crippen molar-refractivity contribution in [2.75, 3.05) is 13.1 Å². The van der Waals surface area contributed by atoms with Gasteiger partial charge in [-0.15, -0.1) is 0 Å². The molecule has 262 valence electrons. The number of nitrogens with zero attached hydrogens (tertiary/aromatic N) is 2. The Hall–Kier alpha value is -3.65. The monoisotopic (exact) mass is 673 g/mol. The molecule has 4 aromatic rings. The average molecular weight is 674 g/mol. The van der Waals surface area contributed by atoms with Gasteiger partial charge in [0.15, 0.2) is 0 Å². The van der Waals surface area contributed by atoms with Crippen LogP contribution in [0.2, 0.25) is 0 Å². The van der Waals surface area contributed by atoms with Crippen LogP contribution in [-0.4, -0.2) is 40.5 Å². The van der Waals surface area contributed by atoms with E-state index >= 15 is 0 Å². The van der Waals surface area contributed by atoms with E-state index in [0.29, 0.717) is 18.0 Å². The summed E-state index contributed by atoms with van der Waals surface area (Å²) in [5.74, 6) is 2.19. The first-order valence-corrected chi connectivity index (χ1v) is 20.6. The Bertz CT molecular complexity index is 2180. The summed E-state index contributed by atoms with van der Waals surface area (Å²) >= 11 is 0. The van der Waals surface area contributed by atoms with Crippen molar-refractivity contribution < 1.29 is 4.58 Å². The van der Waals surface area contributed by atoms with E-state index in [1.165, 1.54) is 103 Å². The van der Waals surface area contributed by atoms with Crippen LogP contribution in [0.4, 0.5) is 0 Å². The van der Waals surface area contributed by atoms with Gasteiger partial charge in [-0.2, -0.15) is 0 Å². The minimum absolute atomic E-state index is 0.0142. The third-order valence-corrected chi connectivity index (χ3v) is 14.5. The molecule has 1 spiro atoms. The largest absolute Gasteiger partial charge is 0.261 e. The quantitative estimate of drug-likeness (QED) is 0.196. The maximum Gasteiger partial charge on any atom is 0.249 e. The zero-order chi connectivity index (χ0) is 34.8. The highest BCUT2D eigenvalue weighted by Crippen LogP contribution is 2.63. The van der Waals surface area contributed by atoms with Crippen molar-refractivity contribution in [3.05, 3.63) is 105 Å². The maximum absolute atomic E-state index is 3.04. The summed E-state index contributed by atoms with van der Waals surface area (Å²) in [5, 5.41) is 2.96. The summed E-state index contributed by atoms with van der Waals surface area (Å²) in [5.41, 5.74) is 18.4. The first-order chi connectivity index (χ1) is 24.7. The molecule has 0 bridgehead atoms. The lowest BCUT2D eigenvalue weighted by atomic mass is 9.71. The highest BCUT2D eigenvalue weighted by molar-refractivity contribution is 6.12. The lowest BCUT2D eigenvalue weighted by Gasteiger charge is -2.46. The van der Waals surface area contributed by atoms with Crippen LogP contribution in [0, 0.1) is 19.8 Å². The van der Waals surface area contributed by atoms with Crippen LogP contribution in [0.1, 0.15) is 136 Å². The van der Waals surface area contributed by atoms with Crippen molar-refractivity contribution in [1.82, 2.24) is 4.90 Å². The molecule has 5 aliphatic carbocycles. The van der Waals surface area contributed by atoms with Gasteiger partial charge >= 0.3 is 0 Å². The summed E-state index contributed by atoms with van der Waals surface area (Å²) in [6.45, 7) is 16.9. The third-order valence-electron chi connectivity index (χ3n) is 14.5. The van der Waals surface area contributed by atoms with Gasteiger partial charge in [-0.1, -0.05) is 107 Å². The predicted molar refractivity (Wildman–Crippen MR) is 215 cm³/mol. The van der Waals surface area contributed by atoms with E-state index in [1.54, 1.807) is 44.8 Å². The molecule has 0 radical (unpaired) electrons. The van der Waals surface area contributed by atoms with Gasteiger partial charge in [0.05, 0.1) is 23.4 Å². The molecule has 0 amide bonds. The Kier molecular flexibility index (Phi) is 7.18. The molecule has 2 nitrogen and oxygen atoms in total. The molecular weight excluding hydrogens is 617 g/mol. The van der Waals surface area contributed by atoms with Crippen LogP contribution < -0.4 is 0 Å². The molecular formula is C49H57N2+. The van der Waals surface area contributed by atoms with Crippen molar-refractivity contribution in [2.24, 2.45) is 5.92 Å². The van der Waals surface area contributed by atoms with Crippen LogP contribution in [0.3, 0.4) is 0 Å². The summed E-state index contributed by atoms with van der Waals surface area (Å²) in [7, 11) is 0. The van der Waals surface area contributed by atoms with Gasteiger partial charge in [0, 0.05) is 5.41 Å². The highest BCUT2D eigenvalue weighted by atomic mass is 15.3. The third kappa shape index (κ3) is 4.44. The van der Waals surface area contributed by atoms with Crippen LogP contribution >= 0.6 is 0 Å². The molecule has 0 N–H and O–H groups in total. The molecule has 0 aromatic heterocycles. The first-order valence-electron chi connectivity index (χ1n) is 20.6. The number of hydrogen-bond donors (Lipinski definition) is 0. The van der Waals surface area contributed by atoms with E-state index in [4.69, 9.17) is 0 Å². The fourth-order valence-corrected chi connectivity index (χ4v) is 12.6. The number of benzene rings is 4. The molecule has 51 heavy (non-hydrogen) atoms. The lowest BCUT2D eigenvalue weighted by molar-refractivity contribution is -0.588. The molecule has 1 unspecified atom stereocenters. The van der Waals surface area contributed by atoms with E-state index in [0.717, 1.165) is 19.5 Å². The fourth-order valence-electron chi connectivity index (χ4n) is 12.6. The van der Waals surface area contributed by atoms with Crippen LogP contribution in [-0.2, 0) is 17.3 Å². The van der Waals surface area contributed by atoms with Gasteiger partial charge in [0.1, 0.15) is 13.1 Å². The Balaban J connectivity index is 1.29. The smallest absolute Gasteiger partial charge is 0.249 e. The number of fused-ring (bicyclic) bond motifs is 12. The minimum Gasteiger partial charge on any atom is -0.261 e. The standard InChI is InChI=1S/C49H57N2/c1-30(2)47-50(34-16-9-7-10-17-34)28-49(29-51(47)35-18-11-8-12-19-35)42-24-23-41-44(40-27-33-15-13-14-20-37(33)45(40)48(41,5)6)43(42)38-22-21-36-32(4)25-31(3)26-39(36)46(38)49/h13-15,20-26,30,34-35H,7-12,16-19,27-29H2,1-6H3/q+1. The maximum atomic E-state index is 3.04. The molecule has 10 rings (SSSR count). The molecule has 2 heteroatoms. The molecule has 4 aromatic carbocycles. The number of allylic oxidation sites excluding steroid dienone is 2.